The smallest absolute Gasteiger partial charge is 0.113 e. The first-order valence-electron chi connectivity index (χ1n) is 8.46. The number of benzene rings is 2. The third kappa shape index (κ3) is 2.40. The molecule has 0 aromatic heterocycles. The van der Waals surface area contributed by atoms with E-state index >= 15 is 0 Å². The van der Waals surface area contributed by atoms with Gasteiger partial charge in [0.1, 0.15) is 24.4 Å². The Hall–Kier alpha value is -1.68. The Morgan fingerprint density at radius 3 is 1.65 bits per heavy atom. The van der Waals surface area contributed by atoms with E-state index in [2.05, 4.69) is 48.5 Å². The number of hydrogen-bond donors (Lipinski definition) is 0. The third-order valence-electron chi connectivity index (χ3n) is 5.20. The highest BCUT2D eigenvalue weighted by Crippen LogP contribution is 2.49. The second-order valence-electron chi connectivity index (χ2n) is 6.65. The fraction of sp³-hybridized carbons (Fsp3) is 0.400. The van der Waals surface area contributed by atoms with Gasteiger partial charge in [-0.1, -0.05) is 60.7 Å². The fourth-order valence-electron chi connectivity index (χ4n) is 3.99. The topological polar surface area (TPSA) is 31.0 Å². The molecule has 1 saturated carbocycles. The van der Waals surface area contributed by atoms with Crippen molar-refractivity contribution in [2.45, 2.75) is 49.5 Å². The molecule has 2 saturated heterocycles. The summed E-state index contributed by atoms with van der Waals surface area (Å²) in [5.74, 6) is 0. The van der Waals surface area contributed by atoms with Gasteiger partial charge in [0, 0.05) is 0 Å². The van der Waals surface area contributed by atoms with Gasteiger partial charge in [-0.15, -0.1) is 0 Å². The van der Waals surface area contributed by atoms with Crippen molar-refractivity contribution in [3.63, 3.8) is 0 Å². The van der Waals surface area contributed by atoms with E-state index in [1.807, 2.05) is 12.1 Å². The molecular weight excluding hydrogens is 288 g/mol. The van der Waals surface area contributed by atoms with E-state index in [-0.39, 0.29) is 30.5 Å². The van der Waals surface area contributed by atoms with Crippen molar-refractivity contribution in [2.75, 3.05) is 0 Å². The molecule has 6 atom stereocenters. The van der Waals surface area contributed by atoms with E-state index in [1.54, 1.807) is 0 Å². The van der Waals surface area contributed by atoms with E-state index < -0.39 is 0 Å². The van der Waals surface area contributed by atoms with Crippen LogP contribution in [0, 0.1) is 0 Å². The minimum Gasteiger partial charge on any atom is -0.367 e. The summed E-state index contributed by atoms with van der Waals surface area (Å²) in [6.45, 7) is 0. The Kier molecular flexibility index (Phi) is 3.25. The zero-order valence-electron chi connectivity index (χ0n) is 12.9. The molecule has 2 aliphatic heterocycles. The first-order chi connectivity index (χ1) is 11.4. The quantitative estimate of drug-likeness (QED) is 0.790. The lowest BCUT2D eigenvalue weighted by Gasteiger charge is -2.43. The van der Waals surface area contributed by atoms with Crippen LogP contribution in [0.25, 0.3) is 0 Å². The molecule has 0 spiro atoms. The van der Waals surface area contributed by atoms with Gasteiger partial charge in [0.15, 0.2) is 0 Å². The van der Waals surface area contributed by atoms with Crippen molar-refractivity contribution in [2.24, 2.45) is 0 Å². The molecule has 0 unspecified atom stereocenters. The summed E-state index contributed by atoms with van der Waals surface area (Å²) in [6.07, 6.45) is 2.81. The molecule has 5 rings (SSSR count). The average molecular weight is 308 g/mol. The minimum atomic E-state index is -0.0807. The lowest BCUT2D eigenvalue weighted by molar-refractivity contribution is -0.234. The van der Waals surface area contributed by atoms with Crippen molar-refractivity contribution in [3.05, 3.63) is 71.8 Å². The summed E-state index contributed by atoms with van der Waals surface area (Å²) in [5.41, 5.74) is 2.35. The van der Waals surface area contributed by atoms with Crippen LogP contribution in [0.4, 0.5) is 0 Å². The molecule has 2 aromatic rings. The Balaban J connectivity index is 1.51. The summed E-state index contributed by atoms with van der Waals surface area (Å²) >= 11 is 0. The van der Waals surface area contributed by atoms with Crippen LogP contribution in [0.2, 0.25) is 0 Å². The van der Waals surface area contributed by atoms with Crippen molar-refractivity contribution in [3.8, 4) is 0 Å². The molecule has 0 bridgehead atoms. The maximum atomic E-state index is 6.55. The second-order valence-corrected chi connectivity index (χ2v) is 6.65. The molecule has 23 heavy (non-hydrogen) atoms. The molecule has 0 radical (unpaired) electrons. The standard InChI is InChI=1S/C20H20O3/c1-3-7-13(8-4-1)17-18(14-9-5-2-6-10-14)23-20-16(21-17)12-11-15-19(20)22-15/h1-10,15-20H,11-12H2/t15-,16-,17-,18-,19-,20-/m0/s1. The van der Waals surface area contributed by atoms with Crippen LogP contribution in [-0.4, -0.2) is 24.4 Å². The molecule has 2 heterocycles. The van der Waals surface area contributed by atoms with Crippen LogP contribution < -0.4 is 0 Å². The molecule has 1 aliphatic carbocycles. The molecular formula is C20H20O3. The Labute approximate surface area is 136 Å². The van der Waals surface area contributed by atoms with Crippen molar-refractivity contribution in [1.82, 2.24) is 0 Å². The Morgan fingerprint density at radius 2 is 1.04 bits per heavy atom. The van der Waals surface area contributed by atoms with Gasteiger partial charge in [0.2, 0.25) is 0 Å². The summed E-state index contributed by atoms with van der Waals surface area (Å²) < 4.78 is 18.9. The fourth-order valence-corrected chi connectivity index (χ4v) is 3.99. The van der Waals surface area contributed by atoms with Crippen LogP contribution >= 0.6 is 0 Å². The van der Waals surface area contributed by atoms with Crippen molar-refractivity contribution in [1.29, 1.82) is 0 Å². The van der Waals surface area contributed by atoms with Gasteiger partial charge in [-0.25, -0.2) is 0 Å². The van der Waals surface area contributed by atoms with Gasteiger partial charge < -0.3 is 14.2 Å². The second kappa shape index (κ2) is 5.45. The first-order valence-corrected chi connectivity index (χ1v) is 8.46. The summed E-state index contributed by atoms with van der Waals surface area (Å²) in [6, 6.07) is 20.8. The zero-order chi connectivity index (χ0) is 15.2. The highest BCUT2D eigenvalue weighted by Gasteiger charge is 2.56. The molecule has 3 nitrogen and oxygen atoms in total. The van der Waals surface area contributed by atoms with E-state index in [0.29, 0.717) is 6.10 Å². The first kappa shape index (κ1) is 13.7. The molecule has 2 aromatic carbocycles. The summed E-state index contributed by atoms with van der Waals surface area (Å²) in [7, 11) is 0. The van der Waals surface area contributed by atoms with Crippen molar-refractivity contribution < 1.29 is 14.2 Å². The summed E-state index contributed by atoms with van der Waals surface area (Å²) in [4.78, 5) is 0. The lowest BCUT2D eigenvalue weighted by atomic mass is 9.89. The van der Waals surface area contributed by atoms with E-state index in [4.69, 9.17) is 14.2 Å². The maximum absolute atomic E-state index is 6.55. The SMILES string of the molecule is c1ccc([C@@H]2O[C@@H]3[C@H]4O[C@H]4CC[C@@H]3O[C@H]2c2ccccc2)cc1. The van der Waals surface area contributed by atoms with Gasteiger partial charge in [0.25, 0.3) is 0 Å². The van der Waals surface area contributed by atoms with Crippen LogP contribution in [0.5, 0.6) is 0 Å². The normalized spacial score (nSPS) is 38.4. The van der Waals surface area contributed by atoms with Gasteiger partial charge in [-0.05, 0) is 24.0 Å². The monoisotopic (exact) mass is 308 g/mol. The maximum Gasteiger partial charge on any atom is 0.113 e. The number of hydrogen-bond acceptors (Lipinski definition) is 3. The number of ether oxygens (including phenoxy) is 3. The largest absolute Gasteiger partial charge is 0.367 e. The average Bonchev–Trinajstić information content (AvgIpc) is 3.42. The van der Waals surface area contributed by atoms with Gasteiger partial charge in [-0.3, -0.25) is 0 Å². The molecule has 0 amide bonds. The van der Waals surface area contributed by atoms with Crippen LogP contribution in [0.1, 0.15) is 36.2 Å². The van der Waals surface area contributed by atoms with Crippen molar-refractivity contribution >= 4 is 0 Å². The molecule has 118 valence electrons. The summed E-state index contributed by atoms with van der Waals surface area (Å²) in [5, 5.41) is 0. The predicted molar refractivity (Wildman–Crippen MR) is 86.0 cm³/mol. The minimum absolute atomic E-state index is 0.0600. The zero-order valence-corrected chi connectivity index (χ0v) is 12.9. The Morgan fingerprint density at radius 1 is 0.565 bits per heavy atom. The number of epoxide rings is 1. The van der Waals surface area contributed by atoms with E-state index in [1.165, 1.54) is 11.1 Å². The van der Waals surface area contributed by atoms with Gasteiger partial charge in [-0.2, -0.15) is 0 Å². The van der Waals surface area contributed by atoms with Crippen LogP contribution in [-0.2, 0) is 14.2 Å². The van der Waals surface area contributed by atoms with E-state index in [0.717, 1.165) is 12.8 Å². The van der Waals surface area contributed by atoms with Gasteiger partial charge in [0.05, 0.1) is 12.2 Å². The van der Waals surface area contributed by atoms with E-state index in [9.17, 15) is 0 Å². The lowest BCUT2D eigenvalue weighted by Crippen LogP contribution is -2.47. The highest BCUT2D eigenvalue weighted by molar-refractivity contribution is 5.26. The van der Waals surface area contributed by atoms with Gasteiger partial charge >= 0.3 is 0 Å². The molecule has 0 N–H and O–H groups in total. The highest BCUT2D eigenvalue weighted by atomic mass is 16.7. The predicted octanol–water partition coefficient (Wildman–Crippen LogP) is 3.81. The number of fused-ring (bicyclic) bond motifs is 3. The molecule has 3 fully saturated rings. The third-order valence-corrected chi connectivity index (χ3v) is 5.20. The number of rotatable bonds is 2. The molecule has 3 aliphatic rings. The Bertz CT molecular complexity index is 672. The van der Waals surface area contributed by atoms with Crippen LogP contribution in [0.15, 0.2) is 60.7 Å². The van der Waals surface area contributed by atoms with Crippen LogP contribution in [0.3, 0.4) is 0 Å². The molecule has 3 heteroatoms.